The molecule has 0 saturated carbocycles. The van der Waals surface area contributed by atoms with Crippen LogP contribution in [0.4, 0.5) is 9.59 Å². The van der Waals surface area contributed by atoms with Gasteiger partial charge in [0.2, 0.25) is 0 Å². The van der Waals surface area contributed by atoms with Crippen molar-refractivity contribution >= 4 is 22.8 Å². The highest BCUT2D eigenvalue weighted by molar-refractivity contribution is 5.82. The summed E-state index contributed by atoms with van der Waals surface area (Å²) in [5.74, 6) is 18.2. The van der Waals surface area contributed by atoms with Gasteiger partial charge in [0.25, 0.3) is 0 Å². The fourth-order valence-electron chi connectivity index (χ4n) is 1.22. The molecule has 22 heavy (non-hydrogen) atoms. The predicted octanol–water partition coefficient (Wildman–Crippen LogP) is -1.09. The molecule has 0 aromatic heterocycles. The van der Waals surface area contributed by atoms with Gasteiger partial charge in [0.1, 0.15) is 0 Å². The number of nitrogens with one attached hydrogen (secondary N) is 4. The summed E-state index contributed by atoms with van der Waals surface area (Å²) in [7, 11) is 0. The second-order valence-corrected chi connectivity index (χ2v) is 3.58. The topological polar surface area (TPSA) is 186 Å². The Kier molecular flexibility index (Phi) is 10.3. The largest absolute Gasteiger partial charge is 0.343 e. The molecule has 0 aliphatic heterocycles. The summed E-state index contributed by atoms with van der Waals surface area (Å²) in [6.07, 6.45) is 0. The van der Waals surface area contributed by atoms with Crippen LogP contribution < -0.4 is 45.1 Å². The van der Waals surface area contributed by atoms with Crippen molar-refractivity contribution in [1.82, 2.24) is 21.7 Å². The molecular weight excluding hydrogens is 288 g/mol. The summed E-state index contributed by atoms with van der Waals surface area (Å²) in [5.41, 5.74) is 6.96. The van der Waals surface area contributed by atoms with E-state index in [9.17, 15) is 9.59 Å². The Morgan fingerprint density at radius 3 is 0.955 bits per heavy atom. The average Bonchev–Trinajstić information content (AvgIpc) is 2.61. The molecule has 0 fully saturated rings. The molecule has 2 aromatic rings. The maximum absolute atomic E-state index is 9.71. The van der Waals surface area contributed by atoms with E-state index in [1.807, 2.05) is 0 Å². The Morgan fingerprint density at radius 2 is 0.818 bits per heavy atom. The van der Waals surface area contributed by atoms with Crippen LogP contribution in [0.2, 0.25) is 0 Å². The third kappa shape index (κ3) is 8.29. The number of hydrogen-bond donors (Lipinski definition) is 8. The first-order chi connectivity index (χ1) is 10.6. The fourth-order valence-corrected chi connectivity index (χ4v) is 1.22. The van der Waals surface area contributed by atoms with Crippen LogP contribution >= 0.6 is 0 Å². The molecule has 10 nitrogen and oxygen atoms in total. The highest BCUT2D eigenvalue weighted by Crippen LogP contribution is 2.11. The van der Waals surface area contributed by atoms with E-state index in [4.69, 9.17) is 0 Å². The van der Waals surface area contributed by atoms with Crippen LogP contribution in [0, 0.1) is 0 Å². The summed E-state index contributed by atoms with van der Waals surface area (Å²) in [6, 6.07) is 15.5. The van der Waals surface area contributed by atoms with Crippen LogP contribution in [-0.2, 0) is 0 Å². The van der Waals surface area contributed by atoms with E-state index < -0.39 is 12.1 Å². The van der Waals surface area contributed by atoms with Gasteiger partial charge < -0.3 is 0 Å². The van der Waals surface area contributed by atoms with Crippen molar-refractivity contribution in [2.75, 3.05) is 0 Å². The molecule has 0 aliphatic rings. The summed E-state index contributed by atoms with van der Waals surface area (Å²) < 4.78 is 0. The van der Waals surface area contributed by atoms with Gasteiger partial charge in [-0.1, -0.05) is 48.5 Å². The second kappa shape index (κ2) is 11.9. The van der Waals surface area contributed by atoms with Crippen molar-refractivity contribution < 1.29 is 9.59 Å². The van der Waals surface area contributed by atoms with Gasteiger partial charge in [-0.2, -0.15) is 0 Å². The van der Waals surface area contributed by atoms with E-state index in [1.165, 1.54) is 10.8 Å². The van der Waals surface area contributed by atoms with Gasteiger partial charge in [-0.25, -0.2) is 33.0 Å². The van der Waals surface area contributed by atoms with Gasteiger partial charge in [0.15, 0.2) is 0 Å². The Balaban J connectivity index is 0.000000324. The molecular formula is C12H20N8O2. The normalized spacial score (nSPS) is 8.36. The number of amides is 4. The van der Waals surface area contributed by atoms with Gasteiger partial charge >= 0.3 is 12.1 Å². The molecule has 0 heterocycles. The zero-order chi connectivity index (χ0) is 16.8. The third-order valence-corrected chi connectivity index (χ3v) is 2.18. The molecule has 4 amide bonds. The van der Waals surface area contributed by atoms with E-state index in [1.54, 1.807) is 21.7 Å². The summed E-state index contributed by atoms with van der Waals surface area (Å²) >= 11 is 0. The molecule has 0 aliphatic carbocycles. The lowest BCUT2D eigenvalue weighted by Gasteiger charge is -1.92. The van der Waals surface area contributed by atoms with Gasteiger partial charge in [0.05, 0.1) is 0 Å². The zero-order valence-corrected chi connectivity index (χ0v) is 11.7. The average molecular weight is 308 g/mol. The number of hydrazine groups is 4. The van der Waals surface area contributed by atoms with Gasteiger partial charge in [0, 0.05) is 0 Å². The Hall–Kier alpha value is -2.92. The Labute approximate surface area is 127 Å². The number of benzene rings is 2. The molecule has 0 spiro atoms. The van der Waals surface area contributed by atoms with Crippen molar-refractivity contribution in [2.45, 2.75) is 0 Å². The highest BCUT2D eigenvalue weighted by atomic mass is 16.2. The van der Waals surface area contributed by atoms with E-state index in [2.05, 4.69) is 71.9 Å². The third-order valence-electron chi connectivity index (χ3n) is 2.18. The predicted molar refractivity (Wildman–Crippen MR) is 84.0 cm³/mol. The number of rotatable bonds is 0. The molecule has 10 heteroatoms. The molecule has 0 unspecified atom stereocenters. The molecule has 2 aromatic carbocycles. The zero-order valence-electron chi connectivity index (χ0n) is 11.7. The van der Waals surface area contributed by atoms with E-state index in [0.29, 0.717) is 0 Å². The smallest absolute Gasteiger partial charge is 0.275 e. The molecule has 12 N–H and O–H groups in total. The number of carbonyl (C=O) groups excluding carboxylic acids is 2. The minimum absolute atomic E-state index is 0.602. The first-order valence-corrected chi connectivity index (χ1v) is 5.97. The van der Waals surface area contributed by atoms with Crippen LogP contribution in [0.3, 0.4) is 0 Å². The molecule has 2 rings (SSSR count). The van der Waals surface area contributed by atoms with Crippen molar-refractivity contribution in [1.29, 1.82) is 0 Å². The number of hydrogen-bond acceptors (Lipinski definition) is 6. The van der Waals surface area contributed by atoms with E-state index in [0.717, 1.165) is 0 Å². The molecule has 0 radical (unpaired) electrons. The van der Waals surface area contributed by atoms with Crippen LogP contribution in [0.5, 0.6) is 0 Å². The van der Waals surface area contributed by atoms with Gasteiger partial charge in [-0.3, -0.25) is 21.7 Å². The van der Waals surface area contributed by atoms with Crippen LogP contribution in [-0.4, -0.2) is 12.1 Å². The number of fused-ring (bicyclic) bond motifs is 1. The Morgan fingerprint density at radius 1 is 0.591 bits per heavy atom. The number of urea groups is 2. The van der Waals surface area contributed by atoms with Crippen LogP contribution in [0.1, 0.15) is 0 Å². The van der Waals surface area contributed by atoms with Gasteiger partial charge in [-0.15, -0.1) is 0 Å². The Bertz CT molecular complexity index is 484. The monoisotopic (exact) mass is 308 g/mol. The van der Waals surface area contributed by atoms with E-state index in [-0.39, 0.29) is 0 Å². The standard InChI is InChI=1S/C10H8.2CH6N4O/c1-2-6-10-8-4-3-7-9(10)5-1;2*2-4-1(6)5-3/h1-8H;2*2-3H2,(H2,4,5,6). The lowest BCUT2D eigenvalue weighted by molar-refractivity contribution is 0.240. The van der Waals surface area contributed by atoms with Crippen molar-refractivity contribution in [3.8, 4) is 0 Å². The first-order valence-electron chi connectivity index (χ1n) is 5.97. The highest BCUT2D eigenvalue weighted by Gasteiger charge is 1.85. The summed E-state index contributed by atoms with van der Waals surface area (Å²) in [5, 5.41) is 2.62. The number of nitrogens with two attached hydrogens (primary N) is 4. The van der Waals surface area contributed by atoms with Crippen LogP contribution in [0.25, 0.3) is 10.8 Å². The van der Waals surface area contributed by atoms with Crippen molar-refractivity contribution in [3.63, 3.8) is 0 Å². The SMILES string of the molecule is NNC(=O)NN.NNC(=O)NN.c1ccc2ccccc2c1. The fraction of sp³-hybridized carbons (Fsp3) is 0. The van der Waals surface area contributed by atoms with Gasteiger partial charge in [-0.05, 0) is 10.8 Å². The molecule has 120 valence electrons. The van der Waals surface area contributed by atoms with Crippen molar-refractivity contribution in [3.05, 3.63) is 48.5 Å². The first kappa shape index (κ1) is 19.1. The minimum Gasteiger partial charge on any atom is -0.275 e. The maximum Gasteiger partial charge on any atom is 0.343 e. The number of carbonyl (C=O) groups is 2. The lowest BCUT2D eigenvalue weighted by Crippen LogP contribution is -2.43. The second-order valence-electron chi connectivity index (χ2n) is 3.58. The van der Waals surface area contributed by atoms with Crippen molar-refractivity contribution in [2.24, 2.45) is 23.4 Å². The lowest BCUT2D eigenvalue weighted by atomic mass is 10.1. The molecule has 0 atom stereocenters. The van der Waals surface area contributed by atoms with Crippen LogP contribution in [0.15, 0.2) is 48.5 Å². The minimum atomic E-state index is -0.602. The summed E-state index contributed by atoms with van der Waals surface area (Å²) in [6.45, 7) is 0. The summed E-state index contributed by atoms with van der Waals surface area (Å²) in [4.78, 5) is 19.4. The quantitative estimate of drug-likeness (QED) is 0.173. The maximum atomic E-state index is 9.71. The van der Waals surface area contributed by atoms with E-state index >= 15 is 0 Å². The molecule has 0 bridgehead atoms. The molecule has 0 saturated heterocycles.